The van der Waals surface area contributed by atoms with Crippen LogP contribution in [0.3, 0.4) is 0 Å². The van der Waals surface area contributed by atoms with Gasteiger partial charge >= 0.3 is 0 Å². The third-order valence-electron chi connectivity index (χ3n) is 7.16. The van der Waals surface area contributed by atoms with Crippen molar-refractivity contribution in [1.82, 2.24) is 15.5 Å². The van der Waals surface area contributed by atoms with Crippen molar-refractivity contribution in [3.63, 3.8) is 0 Å². The lowest BCUT2D eigenvalue weighted by Gasteiger charge is -2.29. The highest BCUT2D eigenvalue weighted by atomic mass is 19.1. The van der Waals surface area contributed by atoms with E-state index in [4.69, 9.17) is 4.42 Å². The van der Waals surface area contributed by atoms with Crippen molar-refractivity contribution in [2.75, 3.05) is 21.1 Å². The number of benzene rings is 3. The van der Waals surface area contributed by atoms with Gasteiger partial charge in [-0.3, -0.25) is 14.4 Å². The van der Waals surface area contributed by atoms with Crippen LogP contribution in [-0.2, 0) is 11.2 Å². The summed E-state index contributed by atoms with van der Waals surface area (Å²) in [5.41, 5.74) is 4.98. The van der Waals surface area contributed by atoms with Gasteiger partial charge in [0, 0.05) is 43.7 Å². The van der Waals surface area contributed by atoms with Crippen molar-refractivity contribution in [2.24, 2.45) is 0 Å². The molecule has 1 heterocycles. The second-order valence-corrected chi connectivity index (χ2v) is 10.3. The van der Waals surface area contributed by atoms with Gasteiger partial charge in [0.15, 0.2) is 0 Å². The van der Waals surface area contributed by atoms with Crippen LogP contribution in [0.5, 0.6) is 0 Å². The smallest absolute Gasteiger partial charge is 0.255 e. The molecule has 2 N–H and O–H groups in total. The summed E-state index contributed by atoms with van der Waals surface area (Å²) in [5, 5.41) is 6.24. The molecule has 0 atom stereocenters. The molecule has 1 aliphatic carbocycles. The summed E-state index contributed by atoms with van der Waals surface area (Å²) in [6, 6.07) is 16.6. The molecule has 8 heteroatoms. The number of likely N-dealkylation sites (N-methyl/N-ethyl adjacent to an activating group) is 1. The number of fused-ring (bicyclic) bond motifs is 1. The van der Waals surface area contributed by atoms with Crippen LogP contribution in [-0.4, -0.2) is 49.8 Å². The summed E-state index contributed by atoms with van der Waals surface area (Å²) in [4.78, 5) is 40.4. The molecule has 0 aliphatic heterocycles. The predicted octanol–water partition coefficient (Wildman–Crippen LogP) is 5.34. The van der Waals surface area contributed by atoms with E-state index in [1.54, 1.807) is 50.5 Å². The minimum absolute atomic E-state index is 0.0826. The van der Waals surface area contributed by atoms with E-state index < -0.39 is 5.82 Å². The van der Waals surface area contributed by atoms with E-state index in [1.807, 2.05) is 12.1 Å². The lowest BCUT2D eigenvalue weighted by molar-refractivity contribution is -0.127. The number of carbonyl (C=O) groups is 3. The molecule has 1 fully saturated rings. The summed E-state index contributed by atoms with van der Waals surface area (Å²) in [5.74, 6) is -0.766. The molecule has 0 unspecified atom stereocenters. The van der Waals surface area contributed by atoms with Crippen LogP contribution >= 0.6 is 0 Å². The topological polar surface area (TPSA) is 91.6 Å². The Bertz CT molecular complexity index is 1640. The molecular weight excluding hydrogens is 509 g/mol. The summed E-state index contributed by atoms with van der Waals surface area (Å²) >= 11 is 0. The van der Waals surface area contributed by atoms with Gasteiger partial charge in [-0.2, -0.15) is 0 Å². The van der Waals surface area contributed by atoms with Gasteiger partial charge in [-0.05, 0) is 78.1 Å². The molecule has 7 nitrogen and oxygen atoms in total. The molecule has 0 saturated heterocycles. The van der Waals surface area contributed by atoms with Gasteiger partial charge in [0.05, 0.1) is 12.0 Å². The van der Waals surface area contributed by atoms with E-state index in [-0.39, 0.29) is 30.2 Å². The molecule has 4 aromatic rings. The average molecular weight is 540 g/mol. The van der Waals surface area contributed by atoms with Crippen molar-refractivity contribution >= 4 is 28.7 Å². The third kappa shape index (κ3) is 5.25. The first-order valence-electron chi connectivity index (χ1n) is 13.0. The van der Waals surface area contributed by atoms with Crippen molar-refractivity contribution in [2.45, 2.75) is 25.3 Å². The highest BCUT2D eigenvalue weighted by Gasteiger charge is 2.26. The molecule has 40 heavy (non-hydrogen) atoms. The van der Waals surface area contributed by atoms with Crippen LogP contribution in [0.2, 0.25) is 0 Å². The zero-order valence-corrected chi connectivity index (χ0v) is 22.6. The lowest BCUT2D eigenvalue weighted by atomic mass is 9.87. The highest BCUT2D eigenvalue weighted by Crippen LogP contribution is 2.38. The van der Waals surface area contributed by atoms with Crippen LogP contribution in [0.4, 0.5) is 4.39 Å². The Balaban J connectivity index is 1.66. The zero-order valence-electron chi connectivity index (χ0n) is 22.6. The van der Waals surface area contributed by atoms with Crippen molar-refractivity contribution in [3.8, 4) is 22.5 Å². The number of carbonyl (C=O) groups excluding carboxylic acids is 3. The normalized spacial score (nSPS) is 13.2. The number of hydrogen-bond acceptors (Lipinski definition) is 4. The van der Waals surface area contributed by atoms with Crippen LogP contribution < -0.4 is 10.6 Å². The monoisotopic (exact) mass is 539 g/mol. The standard InChI is InChI=1S/C32H30FN3O4/c1-18-12-24(13-18)35-31(38)21-7-5-6-20(14-21)25-17-26-27(15-22(25)16-28(37)36(3)4)40-30(29(26)32(39)34-2)19-8-10-23(33)11-9-19/h5-11,14-15,17,24H,1,12-13,16H2,2-4H3,(H,34,39)(H,35,38). The fraction of sp³-hybridized carbons (Fsp3) is 0.219. The van der Waals surface area contributed by atoms with E-state index in [9.17, 15) is 18.8 Å². The van der Waals surface area contributed by atoms with E-state index in [1.165, 1.54) is 24.1 Å². The number of rotatable bonds is 7. The summed E-state index contributed by atoms with van der Waals surface area (Å²) < 4.78 is 19.8. The fourth-order valence-electron chi connectivity index (χ4n) is 4.91. The van der Waals surface area contributed by atoms with E-state index in [2.05, 4.69) is 17.2 Å². The maximum atomic E-state index is 13.6. The minimum Gasteiger partial charge on any atom is -0.455 e. The van der Waals surface area contributed by atoms with Gasteiger partial charge in [0.25, 0.3) is 11.8 Å². The van der Waals surface area contributed by atoms with Gasteiger partial charge in [-0.1, -0.05) is 24.3 Å². The molecule has 0 bridgehead atoms. The first kappa shape index (κ1) is 26.9. The average Bonchev–Trinajstić information content (AvgIpc) is 3.30. The minimum atomic E-state index is -0.403. The van der Waals surface area contributed by atoms with Gasteiger partial charge in [-0.15, -0.1) is 0 Å². The Morgan fingerprint density at radius 2 is 1.73 bits per heavy atom. The van der Waals surface area contributed by atoms with Crippen LogP contribution in [0.15, 0.2) is 77.2 Å². The number of furan rings is 1. The summed E-state index contributed by atoms with van der Waals surface area (Å²) in [7, 11) is 4.90. The van der Waals surface area contributed by atoms with E-state index in [0.29, 0.717) is 44.5 Å². The van der Waals surface area contributed by atoms with E-state index >= 15 is 0 Å². The fourth-order valence-corrected chi connectivity index (χ4v) is 4.91. The molecular formula is C32H30FN3O4. The highest BCUT2D eigenvalue weighted by molar-refractivity contribution is 6.12. The van der Waals surface area contributed by atoms with Crippen LogP contribution in [0.1, 0.15) is 39.1 Å². The Morgan fingerprint density at radius 1 is 1.00 bits per heavy atom. The second-order valence-electron chi connectivity index (χ2n) is 10.3. The number of hydrogen-bond donors (Lipinski definition) is 2. The first-order chi connectivity index (χ1) is 19.1. The Hall–Kier alpha value is -4.72. The lowest BCUT2D eigenvalue weighted by Crippen LogP contribution is -2.40. The molecule has 3 aromatic carbocycles. The maximum Gasteiger partial charge on any atom is 0.255 e. The molecule has 3 amide bonds. The Kier molecular flexibility index (Phi) is 7.26. The number of nitrogens with one attached hydrogen (secondary N) is 2. The Labute approximate surface area is 231 Å². The number of amides is 3. The van der Waals surface area contributed by atoms with E-state index in [0.717, 1.165) is 24.0 Å². The molecule has 0 spiro atoms. The van der Waals surface area contributed by atoms with Crippen LogP contribution in [0.25, 0.3) is 33.4 Å². The van der Waals surface area contributed by atoms with Crippen molar-refractivity contribution < 1.29 is 23.2 Å². The molecule has 1 aliphatic rings. The van der Waals surface area contributed by atoms with Gasteiger partial charge < -0.3 is 20.0 Å². The molecule has 0 radical (unpaired) electrons. The van der Waals surface area contributed by atoms with Gasteiger partial charge in [0.2, 0.25) is 5.91 Å². The number of halogens is 1. The first-order valence-corrected chi connectivity index (χ1v) is 13.0. The molecule has 5 rings (SSSR count). The molecule has 204 valence electrons. The third-order valence-corrected chi connectivity index (χ3v) is 7.16. The quantitative estimate of drug-likeness (QED) is 0.310. The summed E-state index contributed by atoms with van der Waals surface area (Å²) in [6.07, 6.45) is 1.64. The van der Waals surface area contributed by atoms with Gasteiger partial charge in [-0.25, -0.2) is 4.39 Å². The zero-order chi connectivity index (χ0) is 28.6. The van der Waals surface area contributed by atoms with Crippen molar-refractivity contribution in [1.29, 1.82) is 0 Å². The van der Waals surface area contributed by atoms with Gasteiger partial charge in [0.1, 0.15) is 17.2 Å². The largest absolute Gasteiger partial charge is 0.455 e. The molecule has 1 aromatic heterocycles. The van der Waals surface area contributed by atoms with Crippen LogP contribution in [0, 0.1) is 5.82 Å². The van der Waals surface area contributed by atoms with Crippen molar-refractivity contribution in [3.05, 3.63) is 95.3 Å². The second kappa shape index (κ2) is 10.8. The molecule has 1 saturated carbocycles. The maximum absolute atomic E-state index is 13.6. The number of nitrogens with zero attached hydrogens (tertiary/aromatic N) is 1. The Morgan fingerprint density at radius 3 is 2.38 bits per heavy atom. The predicted molar refractivity (Wildman–Crippen MR) is 152 cm³/mol. The SMILES string of the molecule is C=C1CC(NC(=O)c2cccc(-c3cc4c(C(=O)NC)c(-c5ccc(F)cc5)oc4cc3CC(=O)N(C)C)c2)C1. The summed E-state index contributed by atoms with van der Waals surface area (Å²) in [6.45, 7) is 3.93.